The molecule has 0 amide bonds. The number of sulfone groups is 1. The number of hydrogen-bond acceptors (Lipinski definition) is 4. The van der Waals surface area contributed by atoms with Gasteiger partial charge in [0.25, 0.3) is 0 Å². The predicted molar refractivity (Wildman–Crippen MR) is 78.0 cm³/mol. The van der Waals surface area contributed by atoms with Gasteiger partial charge in [0.05, 0.1) is 10.5 Å². The molecule has 0 aliphatic heterocycles. The lowest BCUT2D eigenvalue weighted by atomic mass is 10.1. The summed E-state index contributed by atoms with van der Waals surface area (Å²) < 4.78 is 41.7. The highest BCUT2D eigenvalue weighted by molar-refractivity contribution is 7.92. The highest BCUT2D eigenvalue weighted by Gasteiger charge is 2.28. The molecule has 0 saturated heterocycles. The lowest BCUT2D eigenvalue weighted by molar-refractivity contribution is 0.332. The van der Waals surface area contributed by atoms with E-state index in [-0.39, 0.29) is 18.4 Å². The summed E-state index contributed by atoms with van der Waals surface area (Å²) in [4.78, 5) is 0. The summed E-state index contributed by atoms with van der Waals surface area (Å²) in [5.74, 6) is -0.266. The zero-order valence-electron chi connectivity index (χ0n) is 12.3. The summed E-state index contributed by atoms with van der Waals surface area (Å²) in [6.07, 6.45) is 0. The largest absolute Gasteiger partial charge is 0.492 e. The molecule has 0 fully saturated rings. The Morgan fingerprint density at radius 1 is 1.35 bits per heavy atom. The first-order chi connectivity index (χ1) is 9.04. The predicted octanol–water partition coefficient (Wildman–Crippen LogP) is 2.44. The maximum atomic E-state index is 13.2. The topological polar surface area (TPSA) is 69.4 Å². The second kappa shape index (κ2) is 6.10. The first-order valence-electron chi connectivity index (χ1n) is 6.45. The van der Waals surface area contributed by atoms with Crippen molar-refractivity contribution in [1.29, 1.82) is 0 Å². The molecule has 20 heavy (non-hydrogen) atoms. The van der Waals surface area contributed by atoms with E-state index in [4.69, 9.17) is 10.5 Å². The van der Waals surface area contributed by atoms with E-state index < -0.39 is 20.4 Å². The van der Waals surface area contributed by atoms with Gasteiger partial charge in [-0.05, 0) is 33.8 Å². The summed E-state index contributed by atoms with van der Waals surface area (Å²) in [7, 11) is -3.26. The number of ether oxygens (including phenoxy) is 1. The van der Waals surface area contributed by atoms with E-state index in [0.717, 1.165) is 0 Å². The molecule has 1 aromatic rings. The molecule has 0 aliphatic rings. The Bertz CT molecular complexity index is 562. The van der Waals surface area contributed by atoms with Gasteiger partial charge in [0.15, 0.2) is 9.84 Å². The van der Waals surface area contributed by atoms with Gasteiger partial charge >= 0.3 is 0 Å². The third-order valence-corrected chi connectivity index (χ3v) is 5.58. The van der Waals surface area contributed by atoms with Gasteiger partial charge in [-0.1, -0.05) is 6.07 Å². The van der Waals surface area contributed by atoms with E-state index in [0.29, 0.717) is 11.3 Å². The van der Waals surface area contributed by atoms with Crippen molar-refractivity contribution in [3.63, 3.8) is 0 Å². The lowest BCUT2D eigenvalue weighted by Crippen LogP contribution is -2.32. The van der Waals surface area contributed by atoms with Crippen LogP contribution in [0.3, 0.4) is 0 Å². The third kappa shape index (κ3) is 4.18. The van der Waals surface area contributed by atoms with Gasteiger partial charge in [-0.2, -0.15) is 0 Å². The Balaban J connectivity index is 2.79. The fraction of sp³-hybridized carbons (Fsp3) is 0.571. The van der Waals surface area contributed by atoms with Crippen LogP contribution in [0, 0.1) is 5.82 Å². The molecule has 0 aliphatic carbocycles. The number of benzene rings is 1. The normalized spacial score (nSPS) is 14.1. The first-order valence-corrected chi connectivity index (χ1v) is 8.10. The van der Waals surface area contributed by atoms with E-state index in [1.54, 1.807) is 33.8 Å². The number of nitrogens with two attached hydrogens (primary N) is 1. The summed E-state index contributed by atoms with van der Waals surface area (Å²) in [6, 6.07) is 3.76. The van der Waals surface area contributed by atoms with Crippen LogP contribution in [0.15, 0.2) is 18.2 Å². The van der Waals surface area contributed by atoms with E-state index in [1.807, 2.05) is 0 Å². The molecular formula is C14H22FNO3S. The molecule has 1 unspecified atom stereocenters. The summed E-state index contributed by atoms with van der Waals surface area (Å²) in [5, 5.41) is 0. The van der Waals surface area contributed by atoms with Crippen molar-refractivity contribution in [3.8, 4) is 5.75 Å². The molecule has 114 valence electrons. The summed E-state index contributed by atoms with van der Waals surface area (Å²) in [5.41, 5.74) is 6.42. The zero-order valence-corrected chi connectivity index (χ0v) is 13.1. The quantitative estimate of drug-likeness (QED) is 0.907. The molecule has 0 bridgehead atoms. The lowest BCUT2D eigenvalue weighted by Gasteiger charge is -2.20. The van der Waals surface area contributed by atoms with Crippen LogP contribution >= 0.6 is 0 Å². The fourth-order valence-corrected chi connectivity index (χ4v) is 2.49. The summed E-state index contributed by atoms with van der Waals surface area (Å²) in [6.45, 7) is 6.64. The van der Waals surface area contributed by atoms with E-state index in [9.17, 15) is 12.8 Å². The molecule has 2 N–H and O–H groups in total. The minimum Gasteiger partial charge on any atom is -0.492 e. The second-order valence-corrected chi connectivity index (χ2v) is 8.61. The van der Waals surface area contributed by atoms with E-state index >= 15 is 0 Å². The van der Waals surface area contributed by atoms with Crippen LogP contribution in [0.2, 0.25) is 0 Å². The maximum absolute atomic E-state index is 13.2. The van der Waals surface area contributed by atoms with Gasteiger partial charge in [0.1, 0.15) is 18.2 Å². The smallest absolute Gasteiger partial charge is 0.158 e. The monoisotopic (exact) mass is 303 g/mol. The molecule has 0 saturated carbocycles. The molecule has 1 atom stereocenters. The molecule has 4 nitrogen and oxygen atoms in total. The number of rotatable bonds is 5. The minimum absolute atomic E-state index is 0.0250. The van der Waals surface area contributed by atoms with E-state index in [1.165, 1.54) is 12.1 Å². The van der Waals surface area contributed by atoms with Gasteiger partial charge in [0.2, 0.25) is 0 Å². The van der Waals surface area contributed by atoms with Crippen LogP contribution in [0.1, 0.15) is 39.3 Å². The molecule has 0 radical (unpaired) electrons. The van der Waals surface area contributed by atoms with Crippen LogP contribution in [0.5, 0.6) is 5.75 Å². The van der Waals surface area contributed by atoms with Crippen molar-refractivity contribution in [1.82, 2.24) is 0 Å². The standard InChI is InChI=1S/C14H22FNO3S/c1-10(16)12-6-5-11(15)9-13(12)19-7-8-20(17,18)14(2,3)4/h5-6,9-10H,7-8,16H2,1-4H3. The van der Waals surface area contributed by atoms with Crippen molar-refractivity contribution in [2.45, 2.75) is 38.5 Å². The van der Waals surface area contributed by atoms with Gasteiger partial charge in [-0.15, -0.1) is 0 Å². The Hall–Kier alpha value is -1.14. The molecule has 0 heterocycles. The van der Waals surface area contributed by atoms with Gasteiger partial charge < -0.3 is 10.5 Å². The fourth-order valence-electron chi connectivity index (χ4n) is 1.58. The van der Waals surface area contributed by atoms with Crippen molar-refractivity contribution in [3.05, 3.63) is 29.6 Å². The Morgan fingerprint density at radius 2 is 1.95 bits per heavy atom. The van der Waals surface area contributed by atoms with Crippen molar-refractivity contribution >= 4 is 9.84 Å². The Labute approximate surface area is 120 Å². The third-order valence-electron chi connectivity index (χ3n) is 3.01. The van der Waals surface area contributed by atoms with Gasteiger partial charge in [-0.25, -0.2) is 12.8 Å². The highest BCUT2D eigenvalue weighted by atomic mass is 32.2. The number of halogens is 1. The Kier molecular flexibility index (Phi) is 5.15. The average molecular weight is 303 g/mol. The van der Waals surface area contributed by atoms with Crippen molar-refractivity contribution in [2.75, 3.05) is 12.4 Å². The Morgan fingerprint density at radius 3 is 2.45 bits per heavy atom. The molecule has 1 rings (SSSR count). The molecule has 6 heteroatoms. The van der Waals surface area contributed by atoms with Crippen LogP contribution in [0.4, 0.5) is 4.39 Å². The zero-order chi connectivity index (χ0) is 15.6. The average Bonchev–Trinajstić information content (AvgIpc) is 2.26. The SMILES string of the molecule is CC(N)c1ccc(F)cc1OCCS(=O)(=O)C(C)(C)C. The van der Waals surface area contributed by atoms with Crippen molar-refractivity contribution < 1.29 is 17.5 Å². The second-order valence-electron chi connectivity index (χ2n) is 5.75. The van der Waals surface area contributed by atoms with Gasteiger partial charge in [0, 0.05) is 17.7 Å². The van der Waals surface area contributed by atoms with Gasteiger partial charge in [-0.3, -0.25) is 0 Å². The van der Waals surface area contributed by atoms with Crippen LogP contribution in [-0.4, -0.2) is 25.5 Å². The van der Waals surface area contributed by atoms with Crippen LogP contribution in [0.25, 0.3) is 0 Å². The van der Waals surface area contributed by atoms with Crippen LogP contribution < -0.4 is 10.5 Å². The van der Waals surface area contributed by atoms with E-state index in [2.05, 4.69) is 0 Å². The van der Waals surface area contributed by atoms with Crippen molar-refractivity contribution in [2.24, 2.45) is 5.73 Å². The minimum atomic E-state index is -3.26. The van der Waals surface area contributed by atoms with Crippen LogP contribution in [-0.2, 0) is 9.84 Å². The molecule has 0 spiro atoms. The number of hydrogen-bond donors (Lipinski definition) is 1. The summed E-state index contributed by atoms with van der Waals surface area (Å²) >= 11 is 0. The molecule has 1 aromatic carbocycles. The molecule has 0 aromatic heterocycles. The highest BCUT2D eigenvalue weighted by Crippen LogP contribution is 2.25. The maximum Gasteiger partial charge on any atom is 0.158 e. The molecular weight excluding hydrogens is 281 g/mol. The first kappa shape index (κ1) is 16.9.